The average molecular weight is 326 g/mol. The van der Waals surface area contributed by atoms with Crippen molar-refractivity contribution in [2.45, 2.75) is 13.8 Å². The van der Waals surface area contributed by atoms with Gasteiger partial charge in [0.05, 0.1) is 5.56 Å². The molecule has 0 atom stereocenters. The SMILES string of the molecule is Cc1ccc(NC(=O)COC(=O)c2cccc(N(C)C)c2)cc1C. The van der Waals surface area contributed by atoms with Gasteiger partial charge in [0.15, 0.2) is 6.61 Å². The Bertz CT molecular complexity index is 754. The number of nitrogens with one attached hydrogen (secondary N) is 1. The summed E-state index contributed by atoms with van der Waals surface area (Å²) < 4.78 is 5.08. The third-order valence-electron chi connectivity index (χ3n) is 3.72. The van der Waals surface area contributed by atoms with Crippen LogP contribution in [-0.2, 0) is 9.53 Å². The molecule has 0 spiro atoms. The molecule has 126 valence electrons. The van der Waals surface area contributed by atoms with E-state index in [9.17, 15) is 9.59 Å². The number of benzene rings is 2. The molecule has 0 aliphatic rings. The predicted octanol–water partition coefficient (Wildman–Crippen LogP) is 3.16. The van der Waals surface area contributed by atoms with E-state index in [1.165, 1.54) is 0 Å². The van der Waals surface area contributed by atoms with Gasteiger partial charge in [-0.1, -0.05) is 12.1 Å². The van der Waals surface area contributed by atoms with Crippen LogP contribution in [0.5, 0.6) is 0 Å². The van der Waals surface area contributed by atoms with Gasteiger partial charge in [-0.05, 0) is 55.3 Å². The van der Waals surface area contributed by atoms with Crippen molar-refractivity contribution in [2.24, 2.45) is 0 Å². The quantitative estimate of drug-likeness (QED) is 0.858. The Morgan fingerprint density at radius 1 is 1.04 bits per heavy atom. The Morgan fingerprint density at radius 2 is 1.79 bits per heavy atom. The minimum absolute atomic E-state index is 0.321. The Kier molecular flexibility index (Phi) is 5.58. The average Bonchev–Trinajstić information content (AvgIpc) is 2.56. The first kappa shape index (κ1) is 17.5. The number of nitrogens with zero attached hydrogens (tertiary/aromatic N) is 1. The largest absolute Gasteiger partial charge is 0.452 e. The molecule has 0 bridgehead atoms. The molecule has 5 heteroatoms. The molecular formula is C19H22N2O3. The van der Waals surface area contributed by atoms with Gasteiger partial charge in [-0.15, -0.1) is 0 Å². The first-order valence-electron chi connectivity index (χ1n) is 7.68. The summed E-state index contributed by atoms with van der Waals surface area (Å²) in [6.07, 6.45) is 0. The zero-order chi connectivity index (χ0) is 17.7. The zero-order valence-corrected chi connectivity index (χ0v) is 14.4. The lowest BCUT2D eigenvalue weighted by Gasteiger charge is -2.13. The van der Waals surface area contributed by atoms with Crippen molar-refractivity contribution in [3.8, 4) is 0 Å². The molecule has 0 saturated heterocycles. The normalized spacial score (nSPS) is 10.2. The second-order valence-electron chi connectivity index (χ2n) is 5.87. The molecule has 24 heavy (non-hydrogen) atoms. The topological polar surface area (TPSA) is 58.6 Å². The second kappa shape index (κ2) is 7.64. The summed E-state index contributed by atoms with van der Waals surface area (Å²) in [7, 11) is 3.78. The van der Waals surface area contributed by atoms with Crippen LogP contribution in [-0.4, -0.2) is 32.6 Å². The Hall–Kier alpha value is -2.82. The molecule has 0 aromatic heterocycles. The molecule has 0 heterocycles. The van der Waals surface area contributed by atoms with Gasteiger partial charge in [-0.3, -0.25) is 4.79 Å². The van der Waals surface area contributed by atoms with Crippen molar-refractivity contribution < 1.29 is 14.3 Å². The number of hydrogen-bond acceptors (Lipinski definition) is 4. The molecule has 2 aromatic rings. The smallest absolute Gasteiger partial charge is 0.338 e. The lowest BCUT2D eigenvalue weighted by atomic mass is 10.1. The first-order valence-corrected chi connectivity index (χ1v) is 7.68. The van der Waals surface area contributed by atoms with Gasteiger partial charge in [0.25, 0.3) is 5.91 Å². The van der Waals surface area contributed by atoms with Gasteiger partial charge in [0.1, 0.15) is 0 Å². The molecular weight excluding hydrogens is 304 g/mol. The van der Waals surface area contributed by atoms with Crippen molar-refractivity contribution in [1.29, 1.82) is 0 Å². The second-order valence-corrected chi connectivity index (χ2v) is 5.87. The van der Waals surface area contributed by atoms with Crippen molar-refractivity contribution in [1.82, 2.24) is 0 Å². The molecule has 5 nitrogen and oxygen atoms in total. The van der Waals surface area contributed by atoms with Crippen LogP contribution in [0.1, 0.15) is 21.5 Å². The molecule has 0 aliphatic carbocycles. The highest BCUT2D eigenvalue weighted by Crippen LogP contribution is 2.15. The Labute approximate surface area is 142 Å². The summed E-state index contributed by atoms with van der Waals surface area (Å²) in [5, 5.41) is 2.72. The lowest BCUT2D eigenvalue weighted by Crippen LogP contribution is -2.21. The molecule has 2 rings (SSSR count). The van der Waals surface area contributed by atoms with E-state index in [0.29, 0.717) is 11.3 Å². The van der Waals surface area contributed by atoms with Crippen molar-refractivity contribution in [3.63, 3.8) is 0 Å². The Morgan fingerprint density at radius 3 is 2.46 bits per heavy atom. The van der Waals surface area contributed by atoms with E-state index in [1.807, 2.05) is 57.1 Å². The highest BCUT2D eigenvalue weighted by molar-refractivity contribution is 5.96. The third kappa shape index (κ3) is 4.59. The summed E-state index contributed by atoms with van der Waals surface area (Å²) in [5.41, 5.74) is 4.24. The van der Waals surface area contributed by atoms with E-state index in [4.69, 9.17) is 4.74 Å². The third-order valence-corrected chi connectivity index (χ3v) is 3.72. The van der Waals surface area contributed by atoms with Gasteiger partial charge in [-0.25, -0.2) is 4.79 Å². The van der Waals surface area contributed by atoms with Gasteiger partial charge in [0.2, 0.25) is 0 Å². The summed E-state index contributed by atoms with van der Waals surface area (Å²) >= 11 is 0. The van der Waals surface area contributed by atoms with Gasteiger partial charge in [-0.2, -0.15) is 0 Å². The minimum atomic E-state index is -0.520. The summed E-state index contributed by atoms with van der Waals surface area (Å²) in [6.45, 7) is 3.66. The molecule has 1 N–H and O–H groups in total. The highest BCUT2D eigenvalue weighted by Gasteiger charge is 2.11. The highest BCUT2D eigenvalue weighted by atomic mass is 16.5. The maximum absolute atomic E-state index is 12.1. The molecule has 0 unspecified atom stereocenters. The van der Waals surface area contributed by atoms with Crippen molar-refractivity contribution in [3.05, 3.63) is 59.2 Å². The number of esters is 1. The molecule has 0 saturated carbocycles. The van der Waals surface area contributed by atoms with Crippen LogP contribution in [0, 0.1) is 13.8 Å². The van der Waals surface area contributed by atoms with E-state index in [0.717, 1.165) is 16.8 Å². The van der Waals surface area contributed by atoms with Crippen LogP contribution >= 0.6 is 0 Å². The number of amides is 1. The van der Waals surface area contributed by atoms with Crippen LogP contribution in [0.2, 0.25) is 0 Å². The van der Waals surface area contributed by atoms with Crippen LogP contribution in [0.4, 0.5) is 11.4 Å². The van der Waals surface area contributed by atoms with Gasteiger partial charge in [0, 0.05) is 25.5 Å². The van der Waals surface area contributed by atoms with Crippen molar-refractivity contribution >= 4 is 23.3 Å². The number of hydrogen-bond donors (Lipinski definition) is 1. The van der Waals surface area contributed by atoms with Crippen LogP contribution in [0.15, 0.2) is 42.5 Å². The molecule has 0 fully saturated rings. The summed E-state index contributed by atoms with van der Waals surface area (Å²) in [5.74, 6) is -0.885. The van der Waals surface area contributed by atoms with E-state index in [1.54, 1.807) is 18.2 Å². The van der Waals surface area contributed by atoms with Gasteiger partial charge >= 0.3 is 5.97 Å². The number of carbonyl (C=O) groups is 2. The fraction of sp³-hybridized carbons (Fsp3) is 0.263. The van der Waals surface area contributed by atoms with Crippen LogP contribution < -0.4 is 10.2 Å². The molecule has 2 aromatic carbocycles. The first-order chi connectivity index (χ1) is 11.4. The molecule has 0 aliphatic heterocycles. The van der Waals surface area contributed by atoms with Crippen molar-refractivity contribution in [2.75, 3.05) is 30.9 Å². The summed E-state index contributed by atoms with van der Waals surface area (Å²) in [6, 6.07) is 12.7. The van der Waals surface area contributed by atoms with Crippen LogP contribution in [0.3, 0.4) is 0 Å². The predicted molar refractivity (Wildman–Crippen MR) is 95.6 cm³/mol. The van der Waals surface area contributed by atoms with E-state index in [-0.39, 0.29) is 12.5 Å². The maximum atomic E-state index is 12.1. The number of ether oxygens (including phenoxy) is 1. The molecule has 0 radical (unpaired) electrons. The number of anilines is 2. The maximum Gasteiger partial charge on any atom is 0.338 e. The van der Waals surface area contributed by atoms with Crippen LogP contribution in [0.25, 0.3) is 0 Å². The van der Waals surface area contributed by atoms with Gasteiger partial charge < -0.3 is 15.0 Å². The van der Waals surface area contributed by atoms with E-state index in [2.05, 4.69) is 5.32 Å². The number of carbonyl (C=O) groups excluding carboxylic acids is 2. The fourth-order valence-electron chi connectivity index (χ4n) is 2.14. The monoisotopic (exact) mass is 326 g/mol. The lowest BCUT2D eigenvalue weighted by molar-refractivity contribution is -0.119. The summed E-state index contributed by atoms with van der Waals surface area (Å²) in [4.78, 5) is 25.9. The molecule has 1 amide bonds. The standard InChI is InChI=1S/C19H22N2O3/c1-13-8-9-16(10-14(13)2)20-18(22)12-24-19(23)15-6-5-7-17(11-15)21(3)4/h5-11H,12H2,1-4H3,(H,20,22). The number of rotatable bonds is 5. The Balaban J connectivity index is 1.92. The zero-order valence-electron chi connectivity index (χ0n) is 14.4. The van der Waals surface area contributed by atoms with E-state index < -0.39 is 5.97 Å². The fourth-order valence-corrected chi connectivity index (χ4v) is 2.14. The minimum Gasteiger partial charge on any atom is -0.452 e. The van der Waals surface area contributed by atoms with E-state index >= 15 is 0 Å². The number of aryl methyl sites for hydroxylation is 2.